The van der Waals surface area contributed by atoms with Gasteiger partial charge in [0.1, 0.15) is 6.61 Å². The highest BCUT2D eigenvalue weighted by molar-refractivity contribution is 4.97. The summed E-state index contributed by atoms with van der Waals surface area (Å²) in [7, 11) is 0. The van der Waals surface area contributed by atoms with Crippen LogP contribution in [0.25, 0.3) is 0 Å². The fraction of sp³-hybridized carbons (Fsp3) is 0.846. The lowest BCUT2D eigenvalue weighted by Crippen LogP contribution is -2.34. The third kappa shape index (κ3) is 5.20. The predicted octanol–water partition coefficient (Wildman–Crippen LogP) is 2.15. The molecule has 0 atom stereocenters. The lowest BCUT2D eigenvalue weighted by Gasteiger charge is -2.30. The summed E-state index contributed by atoms with van der Waals surface area (Å²) in [4.78, 5) is 2.51. The third-order valence-corrected chi connectivity index (χ3v) is 2.98. The molecule has 0 unspecified atom stereocenters. The summed E-state index contributed by atoms with van der Waals surface area (Å²) in [5.74, 6) is 6.79. The SMILES string of the molecule is CCC#CCOCC1CCN(CC)CC1. The maximum atomic E-state index is 5.55. The molecule has 1 aliphatic rings. The minimum atomic E-state index is 0.613. The van der Waals surface area contributed by atoms with E-state index in [1.807, 2.05) is 0 Å². The summed E-state index contributed by atoms with van der Waals surface area (Å²) in [5, 5.41) is 0. The van der Waals surface area contributed by atoms with Crippen molar-refractivity contribution in [2.75, 3.05) is 32.8 Å². The molecule has 0 aliphatic carbocycles. The van der Waals surface area contributed by atoms with Gasteiger partial charge in [0.15, 0.2) is 0 Å². The molecular weight excluding hydrogens is 186 g/mol. The Morgan fingerprint density at radius 3 is 2.53 bits per heavy atom. The summed E-state index contributed by atoms with van der Waals surface area (Å²) in [6.07, 6.45) is 3.50. The van der Waals surface area contributed by atoms with Crippen molar-refractivity contribution < 1.29 is 4.74 Å². The Balaban J connectivity index is 2.03. The molecule has 0 amide bonds. The second-order valence-electron chi connectivity index (χ2n) is 4.10. The Morgan fingerprint density at radius 1 is 1.20 bits per heavy atom. The van der Waals surface area contributed by atoms with Gasteiger partial charge in [0.05, 0.1) is 6.61 Å². The van der Waals surface area contributed by atoms with E-state index in [9.17, 15) is 0 Å². The quantitative estimate of drug-likeness (QED) is 0.519. The van der Waals surface area contributed by atoms with Gasteiger partial charge in [-0.05, 0) is 38.4 Å². The molecule has 0 aromatic carbocycles. The van der Waals surface area contributed by atoms with Crippen LogP contribution < -0.4 is 0 Å². The highest BCUT2D eigenvalue weighted by Crippen LogP contribution is 2.16. The van der Waals surface area contributed by atoms with Gasteiger partial charge in [-0.3, -0.25) is 0 Å². The van der Waals surface area contributed by atoms with Gasteiger partial charge in [-0.15, -0.1) is 5.92 Å². The van der Waals surface area contributed by atoms with E-state index in [0.29, 0.717) is 6.61 Å². The Labute approximate surface area is 94.0 Å². The molecule has 0 aromatic heterocycles. The van der Waals surface area contributed by atoms with Gasteiger partial charge in [-0.1, -0.05) is 19.8 Å². The maximum absolute atomic E-state index is 5.55. The van der Waals surface area contributed by atoms with Crippen LogP contribution in [0.3, 0.4) is 0 Å². The highest BCUT2D eigenvalue weighted by atomic mass is 16.5. The second-order valence-corrected chi connectivity index (χ2v) is 4.10. The standard InChI is InChI=1S/C13H23NO/c1-3-5-6-11-15-12-13-7-9-14(4-2)10-8-13/h13H,3-4,7-12H2,1-2H3. The average Bonchev–Trinajstić information content (AvgIpc) is 2.30. The fourth-order valence-corrected chi connectivity index (χ4v) is 1.92. The van der Waals surface area contributed by atoms with E-state index in [4.69, 9.17) is 4.74 Å². The molecule has 0 spiro atoms. The van der Waals surface area contributed by atoms with Crippen LogP contribution in [0, 0.1) is 17.8 Å². The second kappa shape index (κ2) is 7.73. The highest BCUT2D eigenvalue weighted by Gasteiger charge is 2.17. The van der Waals surface area contributed by atoms with E-state index < -0.39 is 0 Å². The van der Waals surface area contributed by atoms with Gasteiger partial charge in [0, 0.05) is 6.42 Å². The number of ether oxygens (including phenoxy) is 1. The molecule has 0 bridgehead atoms. The van der Waals surface area contributed by atoms with E-state index in [1.165, 1.54) is 32.5 Å². The number of rotatable bonds is 4. The Hall–Kier alpha value is -0.520. The molecule has 1 fully saturated rings. The van der Waals surface area contributed by atoms with Gasteiger partial charge in [-0.25, -0.2) is 0 Å². The molecule has 86 valence electrons. The van der Waals surface area contributed by atoms with Crippen LogP contribution in [0.2, 0.25) is 0 Å². The molecule has 0 radical (unpaired) electrons. The molecule has 0 aromatic rings. The smallest absolute Gasteiger partial charge is 0.107 e. The molecule has 0 saturated carbocycles. The van der Waals surface area contributed by atoms with E-state index in [0.717, 1.165) is 18.9 Å². The number of hydrogen-bond acceptors (Lipinski definition) is 2. The first-order valence-electron chi connectivity index (χ1n) is 6.12. The summed E-state index contributed by atoms with van der Waals surface area (Å²) in [6.45, 7) is 9.48. The molecule has 15 heavy (non-hydrogen) atoms. The topological polar surface area (TPSA) is 12.5 Å². The zero-order valence-electron chi connectivity index (χ0n) is 10.1. The van der Waals surface area contributed by atoms with Gasteiger partial charge in [0.2, 0.25) is 0 Å². The monoisotopic (exact) mass is 209 g/mol. The normalized spacial score (nSPS) is 18.5. The van der Waals surface area contributed by atoms with Crippen molar-refractivity contribution in [2.24, 2.45) is 5.92 Å². The van der Waals surface area contributed by atoms with Gasteiger partial charge >= 0.3 is 0 Å². The summed E-state index contributed by atoms with van der Waals surface area (Å²) >= 11 is 0. The summed E-state index contributed by atoms with van der Waals surface area (Å²) in [5.41, 5.74) is 0. The largest absolute Gasteiger partial charge is 0.368 e. The minimum absolute atomic E-state index is 0.613. The lowest BCUT2D eigenvalue weighted by atomic mass is 9.98. The molecule has 2 heteroatoms. The molecule has 1 heterocycles. The lowest BCUT2D eigenvalue weighted by molar-refractivity contribution is 0.0861. The van der Waals surface area contributed by atoms with Crippen LogP contribution in [-0.4, -0.2) is 37.7 Å². The molecule has 1 saturated heterocycles. The van der Waals surface area contributed by atoms with E-state index in [1.54, 1.807) is 0 Å². The van der Waals surface area contributed by atoms with Crippen molar-refractivity contribution in [2.45, 2.75) is 33.1 Å². The minimum Gasteiger partial charge on any atom is -0.368 e. The number of nitrogens with zero attached hydrogens (tertiary/aromatic N) is 1. The van der Waals surface area contributed by atoms with Crippen LogP contribution in [-0.2, 0) is 4.74 Å². The predicted molar refractivity (Wildman–Crippen MR) is 63.7 cm³/mol. The van der Waals surface area contributed by atoms with Gasteiger partial charge < -0.3 is 9.64 Å². The van der Waals surface area contributed by atoms with Crippen molar-refractivity contribution in [1.29, 1.82) is 0 Å². The van der Waals surface area contributed by atoms with E-state index in [2.05, 4.69) is 30.6 Å². The number of hydrogen-bond donors (Lipinski definition) is 0. The maximum Gasteiger partial charge on any atom is 0.107 e. The van der Waals surface area contributed by atoms with Gasteiger partial charge in [-0.2, -0.15) is 0 Å². The summed E-state index contributed by atoms with van der Waals surface area (Å²) < 4.78 is 5.55. The third-order valence-electron chi connectivity index (χ3n) is 2.98. The molecule has 2 nitrogen and oxygen atoms in total. The zero-order chi connectivity index (χ0) is 10.9. The van der Waals surface area contributed by atoms with Crippen LogP contribution in [0.4, 0.5) is 0 Å². The van der Waals surface area contributed by atoms with Crippen LogP contribution in [0.1, 0.15) is 33.1 Å². The summed E-state index contributed by atoms with van der Waals surface area (Å²) in [6, 6.07) is 0. The van der Waals surface area contributed by atoms with Crippen molar-refractivity contribution in [1.82, 2.24) is 4.90 Å². The zero-order valence-corrected chi connectivity index (χ0v) is 10.1. The first-order valence-corrected chi connectivity index (χ1v) is 6.12. The Bertz CT molecular complexity index is 208. The molecule has 0 N–H and O–H groups in total. The number of likely N-dealkylation sites (tertiary alicyclic amines) is 1. The molecule has 1 aliphatic heterocycles. The van der Waals surface area contributed by atoms with Crippen LogP contribution >= 0.6 is 0 Å². The first-order chi connectivity index (χ1) is 7.36. The van der Waals surface area contributed by atoms with Crippen molar-refractivity contribution in [3.8, 4) is 11.8 Å². The first kappa shape index (κ1) is 12.5. The fourth-order valence-electron chi connectivity index (χ4n) is 1.92. The van der Waals surface area contributed by atoms with Gasteiger partial charge in [0.25, 0.3) is 0 Å². The molecule has 1 rings (SSSR count). The van der Waals surface area contributed by atoms with Crippen molar-refractivity contribution in [3.63, 3.8) is 0 Å². The average molecular weight is 209 g/mol. The van der Waals surface area contributed by atoms with Crippen molar-refractivity contribution >= 4 is 0 Å². The van der Waals surface area contributed by atoms with Crippen LogP contribution in [0.5, 0.6) is 0 Å². The van der Waals surface area contributed by atoms with E-state index in [-0.39, 0.29) is 0 Å². The Morgan fingerprint density at radius 2 is 1.93 bits per heavy atom. The van der Waals surface area contributed by atoms with E-state index >= 15 is 0 Å². The number of piperidine rings is 1. The van der Waals surface area contributed by atoms with Crippen LogP contribution in [0.15, 0.2) is 0 Å². The van der Waals surface area contributed by atoms with Crippen molar-refractivity contribution in [3.05, 3.63) is 0 Å². The Kier molecular flexibility index (Phi) is 6.47. The molecular formula is C13H23NO.